The van der Waals surface area contributed by atoms with Crippen molar-refractivity contribution in [2.45, 2.75) is 18.8 Å². The predicted molar refractivity (Wildman–Crippen MR) is 134 cm³/mol. The van der Waals surface area contributed by atoms with Crippen molar-refractivity contribution in [2.75, 3.05) is 19.6 Å². The van der Waals surface area contributed by atoms with Crippen LogP contribution >= 0.6 is 11.6 Å². The van der Waals surface area contributed by atoms with E-state index in [0.717, 1.165) is 22.4 Å². The number of allylic oxidation sites excluding steroid dienone is 3. The lowest BCUT2D eigenvalue weighted by atomic mass is 9.80. The summed E-state index contributed by atoms with van der Waals surface area (Å²) in [7, 11) is 0. The van der Waals surface area contributed by atoms with E-state index in [2.05, 4.69) is 22.5 Å². The number of aryl methyl sites for hydroxylation is 1. The van der Waals surface area contributed by atoms with Crippen LogP contribution < -0.4 is 5.32 Å². The first-order valence-corrected chi connectivity index (χ1v) is 11.7. The van der Waals surface area contributed by atoms with Crippen molar-refractivity contribution in [1.29, 1.82) is 0 Å². The highest BCUT2D eigenvalue weighted by atomic mass is 35.5. The number of aromatic nitrogens is 2. The summed E-state index contributed by atoms with van der Waals surface area (Å²) in [5, 5.41) is 3.72. The van der Waals surface area contributed by atoms with E-state index in [-0.39, 0.29) is 11.8 Å². The highest BCUT2D eigenvalue weighted by Crippen LogP contribution is 2.32. The van der Waals surface area contributed by atoms with Crippen LogP contribution in [0.4, 0.5) is 0 Å². The molecule has 1 unspecified atom stereocenters. The van der Waals surface area contributed by atoms with Gasteiger partial charge in [-0.1, -0.05) is 48.1 Å². The number of halogens is 1. The van der Waals surface area contributed by atoms with Crippen LogP contribution in [0, 0.1) is 6.92 Å². The molecule has 0 fully saturated rings. The van der Waals surface area contributed by atoms with E-state index in [1.165, 1.54) is 0 Å². The average Bonchev–Trinajstić information content (AvgIpc) is 3.53. The maximum Gasteiger partial charge on any atom is 0.254 e. The molecule has 6 nitrogen and oxygen atoms in total. The van der Waals surface area contributed by atoms with Gasteiger partial charge < -0.3 is 15.2 Å². The molecule has 0 radical (unpaired) electrons. The Balaban J connectivity index is 1.35. The molecule has 0 spiro atoms. The van der Waals surface area contributed by atoms with E-state index in [0.29, 0.717) is 42.2 Å². The minimum Gasteiger partial charge on any atom is -0.351 e. The molecule has 0 bridgehead atoms. The van der Waals surface area contributed by atoms with Crippen LogP contribution in [0.3, 0.4) is 0 Å². The maximum absolute atomic E-state index is 13.1. The number of H-pyrrole nitrogens is 1. The molecule has 3 aromatic rings. The zero-order chi connectivity index (χ0) is 23.7. The Morgan fingerprint density at radius 2 is 1.94 bits per heavy atom. The molecular weight excluding hydrogens is 448 g/mol. The summed E-state index contributed by atoms with van der Waals surface area (Å²) in [6.07, 6.45) is 12.8. The van der Waals surface area contributed by atoms with Crippen molar-refractivity contribution in [3.63, 3.8) is 0 Å². The first kappa shape index (κ1) is 22.2. The first-order chi connectivity index (χ1) is 16.4. The SMILES string of the molecule is Cc1cc(C(=O)NCC2(c3nc4ccc(Cl)cc4[nH]3)C=CC=CC2)ccc1C(=O)N1CC=CC1. The van der Waals surface area contributed by atoms with E-state index in [1.54, 1.807) is 23.1 Å². The van der Waals surface area contributed by atoms with E-state index >= 15 is 0 Å². The van der Waals surface area contributed by atoms with E-state index in [4.69, 9.17) is 16.6 Å². The Labute approximate surface area is 203 Å². The van der Waals surface area contributed by atoms with Gasteiger partial charge in [-0.2, -0.15) is 0 Å². The second-order valence-corrected chi connectivity index (χ2v) is 9.22. The Bertz CT molecular complexity index is 1360. The highest BCUT2D eigenvalue weighted by molar-refractivity contribution is 6.31. The zero-order valence-corrected chi connectivity index (χ0v) is 19.6. The van der Waals surface area contributed by atoms with Crippen LogP contribution in [0.5, 0.6) is 0 Å². The normalized spacial score (nSPS) is 19.2. The van der Waals surface area contributed by atoms with Crippen molar-refractivity contribution in [2.24, 2.45) is 0 Å². The molecule has 0 saturated heterocycles. The number of nitrogens with zero attached hydrogens (tertiary/aromatic N) is 2. The molecule has 2 amide bonds. The molecule has 1 atom stereocenters. The largest absolute Gasteiger partial charge is 0.351 e. The Morgan fingerprint density at radius 3 is 2.68 bits per heavy atom. The minimum atomic E-state index is -0.496. The Hall–Kier alpha value is -3.64. The number of carbonyl (C=O) groups is 2. The molecule has 34 heavy (non-hydrogen) atoms. The van der Waals surface area contributed by atoms with Gasteiger partial charge in [-0.3, -0.25) is 9.59 Å². The third kappa shape index (κ3) is 4.17. The molecule has 1 aliphatic carbocycles. The van der Waals surface area contributed by atoms with E-state index in [1.807, 2.05) is 49.4 Å². The Kier molecular flexibility index (Phi) is 5.84. The molecule has 0 saturated carbocycles. The van der Waals surface area contributed by atoms with Crippen molar-refractivity contribution in [3.05, 3.63) is 100 Å². The van der Waals surface area contributed by atoms with Gasteiger partial charge in [0.1, 0.15) is 5.82 Å². The van der Waals surface area contributed by atoms with Crippen molar-refractivity contribution >= 4 is 34.4 Å². The van der Waals surface area contributed by atoms with E-state index < -0.39 is 5.41 Å². The van der Waals surface area contributed by atoms with Gasteiger partial charge in [-0.05, 0) is 55.3 Å². The maximum atomic E-state index is 13.1. The smallest absolute Gasteiger partial charge is 0.254 e. The fourth-order valence-corrected chi connectivity index (χ4v) is 4.64. The number of amides is 2. The van der Waals surface area contributed by atoms with Gasteiger partial charge in [-0.15, -0.1) is 0 Å². The van der Waals surface area contributed by atoms with Crippen LogP contribution in [0.1, 0.15) is 38.5 Å². The van der Waals surface area contributed by atoms with Crippen LogP contribution in [0.15, 0.2) is 72.9 Å². The van der Waals surface area contributed by atoms with Gasteiger partial charge in [0, 0.05) is 35.8 Å². The van der Waals surface area contributed by atoms with Crippen LogP contribution in [-0.2, 0) is 5.41 Å². The summed E-state index contributed by atoms with van der Waals surface area (Å²) in [5.74, 6) is 0.575. The third-order valence-corrected chi connectivity index (χ3v) is 6.68. The van der Waals surface area contributed by atoms with Crippen LogP contribution in [0.2, 0.25) is 5.02 Å². The molecule has 2 heterocycles. The molecule has 172 valence electrons. The standard InChI is InChI=1S/C27H25ClN4O2/c1-18-15-19(7-9-21(18)25(34)32-13-5-6-14-32)24(33)29-17-27(11-3-2-4-12-27)26-30-22-10-8-20(28)16-23(22)31-26/h2-11,15-16H,12-14,17H2,1H3,(H,29,33)(H,30,31). The van der Waals surface area contributed by atoms with Crippen molar-refractivity contribution in [3.8, 4) is 0 Å². The van der Waals surface area contributed by atoms with E-state index in [9.17, 15) is 9.59 Å². The fourth-order valence-electron chi connectivity index (χ4n) is 4.47. The second-order valence-electron chi connectivity index (χ2n) is 8.79. The number of imidazole rings is 1. The number of fused-ring (bicyclic) bond motifs is 1. The van der Waals surface area contributed by atoms with Gasteiger partial charge >= 0.3 is 0 Å². The lowest BCUT2D eigenvalue weighted by Gasteiger charge is -2.29. The highest BCUT2D eigenvalue weighted by Gasteiger charge is 2.33. The summed E-state index contributed by atoms with van der Waals surface area (Å²) in [4.78, 5) is 35.7. The lowest BCUT2D eigenvalue weighted by Crippen LogP contribution is -2.40. The third-order valence-electron chi connectivity index (χ3n) is 6.45. The second kappa shape index (κ2) is 8.95. The number of hydrogen-bond donors (Lipinski definition) is 2. The summed E-state index contributed by atoms with van der Waals surface area (Å²) in [6, 6.07) is 10.8. The number of benzene rings is 2. The van der Waals surface area contributed by atoms with Gasteiger partial charge in [0.25, 0.3) is 11.8 Å². The summed E-state index contributed by atoms with van der Waals surface area (Å²) in [5.41, 5.74) is 3.13. The topological polar surface area (TPSA) is 78.1 Å². The molecule has 1 aromatic heterocycles. The lowest BCUT2D eigenvalue weighted by molar-refractivity contribution is 0.0798. The summed E-state index contributed by atoms with van der Waals surface area (Å²) in [6.45, 7) is 3.49. The Morgan fingerprint density at radius 1 is 1.12 bits per heavy atom. The predicted octanol–water partition coefficient (Wildman–Crippen LogP) is 4.72. The van der Waals surface area contributed by atoms with Crippen LogP contribution in [-0.4, -0.2) is 46.3 Å². The van der Waals surface area contributed by atoms with Crippen molar-refractivity contribution in [1.82, 2.24) is 20.2 Å². The monoisotopic (exact) mass is 472 g/mol. The first-order valence-electron chi connectivity index (χ1n) is 11.3. The average molecular weight is 473 g/mol. The molecule has 1 aliphatic heterocycles. The molecule has 5 rings (SSSR count). The van der Waals surface area contributed by atoms with Crippen molar-refractivity contribution < 1.29 is 9.59 Å². The summed E-state index contributed by atoms with van der Waals surface area (Å²) < 4.78 is 0. The number of aromatic amines is 1. The number of hydrogen-bond acceptors (Lipinski definition) is 3. The number of nitrogens with one attached hydrogen (secondary N) is 2. The van der Waals surface area contributed by atoms with Gasteiger partial charge in [-0.25, -0.2) is 4.98 Å². The van der Waals surface area contributed by atoms with Crippen LogP contribution in [0.25, 0.3) is 11.0 Å². The number of carbonyl (C=O) groups excluding carboxylic acids is 2. The zero-order valence-electron chi connectivity index (χ0n) is 18.8. The van der Waals surface area contributed by atoms with Gasteiger partial charge in [0.05, 0.1) is 16.4 Å². The molecule has 2 N–H and O–H groups in total. The molecular formula is C27H25ClN4O2. The minimum absolute atomic E-state index is 0.0162. The molecule has 7 heteroatoms. The van der Waals surface area contributed by atoms with Gasteiger partial charge in [0.2, 0.25) is 0 Å². The summed E-state index contributed by atoms with van der Waals surface area (Å²) >= 11 is 6.14. The molecule has 2 aliphatic rings. The quantitative estimate of drug-likeness (QED) is 0.527. The van der Waals surface area contributed by atoms with Gasteiger partial charge in [0.15, 0.2) is 0 Å². The molecule has 2 aromatic carbocycles. The number of rotatable bonds is 5. The fraction of sp³-hybridized carbons (Fsp3) is 0.222.